The number of rotatable bonds is 3. The number of alkyl halides is 3. The van der Waals surface area contributed by atoms with Gasteiger partial charge in [-0.2, -0.15) is 13.2 Å². The zero-order chi connectivity index (χ0) is 19.8. The molecule has 1 aliphatic rings. The number of halogens is 5. The third-order valence-electron chi connectivity index (χ3n) is 3.73. The summed E-state index contributed by atoms with van der Waals surface area (Å²) >= 11 is 12.6. The highest BCUT2D eigenvalue weighted by Crippen LogP contribution is 2.35. The summed E-state index contributed by atoms with van der Waals surface area (Å²) < 4.78 is 38.4. The largest absolute Gasteiger partial charge is 0.416 e. The average molecular weight is 432 g/mol. The average Bonchev–Trinajstić information content (AvgIpc) is 2.84. The van der Waals surface area contributed by atoms with E-state index in [2.05, 4.69) is 0 Å². The van der Waals surface area contributed by atoms with Crippen molar-refractivity contribution in [2.75, 3.05) is 0 Å². The first-order chi connectivity index (χ1) is 12.6. The monoisotopic (exact) mass is 431 g/mol. The van der Waals surface area contributed by atoms with E-state index in [1.54, 1.807) is 12.1 Å². The van der Waals surface area contributed by atoms with Gasteiger partial charge in [0.25, 0.3) is 11.1 Å². The van der Waals surface area contributed by atoms with Crippen LogP contribution in [-0.4, -0.2) is 16.0 Å². The SMILES string of the molecule is O=C1S/C(=C/c2cccc(C(F)(F)F)c2)C(=O)N1Cc1ccc(Cl)cc1Cl. The van der Waals surface area contributed by atoms with Gasteiger partial charge in [-0.15, -0.1) is 0 Å². The Morgan fingerprint density at radius 3 is 2.48 bits per heavy atom. The highest BCUT2D eigenvalue weighted by Gasteiger charge is 2.35. The van der Waals surface area contributed by atoms with Crippen LogP contribution in [0.4, 0.5) is 18.0 Å². The van der Waals surface area contributed by atoms with Gasteiger partial charge in [0.2, 0.25) is 0 Å². The lowest BCUT2D eigenvalue weighted by atomic mass is 10.1. The second-order valence-electron chi connectivity index (χ2n) is 5.63. The van der Waals surface area contributed by atoms with E-state index in [9.17, 15) is 22.8 Å². The topological polar surface area (TPSA) is 37.4 Å². The van der Waals surface area contributed by atoms with E-state index in [1.165, 1.54) is 24.3 Å². The van der Waals surface area contributed by atoms with Crippen molar-refractivity contribution in [3.8, 4) is 0 Å². The Bertz CT molecular complexity index is 960. The van der Waals surface area contributed by atoms with Crippen LogP contribution in [0.15, 0.2) is 47.4 Å². The molecule has 0 spiro atoms. The number of hydrogen-bond acceptors (Lipinski definition) is 3. The predicted molar refractivity (Wildman–Crippen MR) is 99.4 cm³/mol. The highest BCUT2D eigenvalue weighted by molar-refractivity contribution is 8.18. The van der Waals surface area contributed by atoms with E-state index in [4.69, 9.17) is 23.2 Å². The molecule has 0 bridgehead atoms. The first kappa shape index (κ1) is 19.8. The van der Waals surface area contributed by atoms with E-state index >= 15 is 0 Å². The van der Waals surface area contributed by atoms with Gasteiger partial charge in [-0.25, -0.2) is 0 Å². The summed E-state index contributed by atoms with van der Waals surface area (Å²) in [5.74, 6) is -0.589. The van der Waals surface area contributed by atoms with E-state index in [1.807, 2.05) is 0 Å². The summed E-state index contributed by atoms with van der Waals surface area (Å²) in [6, 6.07) is 9.21. The Hall–Kier alpha value is -1.96. The fraction of sp³-hybridized carbons (Fsp3) is 0.111. The lowest BCUT2D eigenvalue weighted by Gasteiger charge is -2.13. The third kappa shape index (κ3) is 4.48. The molecule has 2 aromatic rings. The number of thioether (sulfide) groups is 1. The maximum absolute atomic E-state index is 12.8. The van der Waals surface area contributed by atoms with Gasteiger partial charge in [0.1, 0.15) is 0 Å². The van der Waals surface area contributed by atoms with Crippen LogP contribution < -0.4 is 0 Å². The van der Waals surface area contributed by atoms with E-state index < -0.39 is 22.9 Å². The second-order valence-corrected chi connectivity index (χ2v) is 7.46. The van der Waals surface area contributed by atoms with Crippen molar-refractivity contribution >= 4 is 52.2 Å². The van der Waals surface area contributed by atoms with Crippen molar-refractivity contribution < 1.29 is 22.8 Å². The molecule has 2 amide bonds. The van der Waals surface area contributed by atoms with Gasteiger partial charge in [-0.3, -0.25) is 14.5 Å². The summed E-state index contributed by atoms with van der Waals surface area (Å²) in [5, 5.41) is 0.204. The van der Waals surface area contributed by atoms with Gasteiger partial charge in [-0.05, 0) is 53.2 Å². The minimum atomic E-state index is -4.49. The van der Waals surface area contributed by atoms with Gasteiger partial charge in [0, 0.05) is 10.0 Å². The van der Waals surface area contributed by atoms with Gasteiger partial charge >= 0.3 is 6.18 Å². The van der Waals surface area contributed by atoms with E-state index in [0.29, 0.717) is 27.4 Å². The van der Waals surface area contributed by atoms with Crippen molar-refractivity contribution in [1.29, 1.82) is 0 Å². The van der Waals surface area contributed by atoms with Crippen molar-refractivity contribution in [3.63, 3.8) is 0 Å². The number of carbonyl (C=O) groups is 2. The summed E-state index contributed by atoms with van der Waals surface area (Å²) in [5.41, 5.74) is -0.119. The van der Waals surface area contributed by atoms with Crippen molar-refractivity contribution in [2.24, 2.45) is 0 Å². The van der Waals surface area contributed by atoms with Crippen LogP contribution in [0.25, 0.3) is 6.08 Å². The Morgan fingerprint density at radius 2 is 1.81 bits per heavy atom. The van der Waals surface area contributed by atoms with E-state index in [0.717, 1.165) is 17.0 Å². The molecule has 140 valence electrons. The van der Waals surface area contributed by atoms with E-state index in [-0.39, 0.29) is 17.0 Å². The molecule has 3 rings (SSSR count). The van der Waals surface area contributed by atoms with Gasteiger partial charge in [0.05, 0.1) is 17.0 Å². The van der Waals surface area contributed by atoms with Crippen molar-refractivity contribution in [1.82, 2.24) is 4.90 Å². The minimum Gasteiger partial charge on any atom is -0.268 e. The molecule has 0 atom stereocenters. The molecule has 0 unspecified atom stereocenters. The van der Waals surface area contributed by atoms with Gasteiger partial charge in [-0.1, -0.05) is 41.4 Å². The fourth-order valence-electron chi connectivity index (χ4n) is 2.41. The fourth-order valence-corrected chi connectivity index (χ4v) is 3.72. The van der Waals surface area contributed by atoms with Gasteiger partial charge in [0.15, 0.2) is 0 Å². The molecule has 0 aliphatic carbocycles. The normalized spacial score (nSPS) is 16.5. The number of amides is 2. The van der Waals surface area contributed by atoms with Crippen LogP contribution in [0, 0.1) is 0 Å². The lowest BCUT2D eigenvalue weighted by Crippen LogP contribution is -2.27. The molecule has 1 saturated heterocycles. The zero-order valence-corrected chi connectivity index (χ0v) is 15.7. The molecule has 1 aliphatic heterocycles. The summed E-state index contributed by atoms with van der Waals surface area (Å²) in [7, 11) is 0. The second kappa shape index (κ2) is 7.58. The number of benzene rings is 2. The maximum atomic E-state index is 12.8. The first-order valence-corrected chi connectivity index (χ1v) is 9.09. The van der Waals surface area contributed by atoms with Crippen LogP contribution >= 0.6 is 35.0 Å². The van der Waals surface area contributed by atoms with Gasteiger partial charge < -0.3 is 0 Å². The number of hydrogen-bond donors (Lipinski definition) is 0. The molecular weight excluding hydrogens is 422 g/mol. The summed E-state index contributed by atoms with van der Waals surface area (Å²) in [6.45, 7) is -0.0550. The van der Waals surface area contributed by atoms with Crippen LogP contribution in [0.3, 0.4) is 0 Å². The molecule has 0 saturated carbocycles. The third-order valence-corrected chi connectivity index (χ3v) is 5.22. The number of carbonyl (C=O) groups excluding carboxylic acids is 2. The molecule has 3 nitrogen and oxygen atoms in total. The maximum Gasteiger partial charge on any atom is 0.416 e. The summed E-state index contributed by atoms with van der Waals surface area (Å²) in [4.78, 5) is 25.7. The molecule has 0 N–H and O–H groups in total. The molecule has 9 heteroatoms. The highest BCUT2D eigenvalue weighted by atomic mass is 35.5. The Labute approximate surface area is 166 Å². The standard InChI is InChI=1S/C18H10Cl2F3NO2S/c19-13-5-4-11(14(20)8-13)9-24-16(25)15(27-17(24)26)7-10-2-1-3-12(6-10)18(21,22)23/h1-8H,9H2/b15-7+. The van der Waals surface area contributed by atoms with Crippen LogP contribution in [0.5, 0.6) is 0 Å². The predicted octanol–water partition coefficient (Wildman–Crippen LogP) is 6.25. The molecule has 1 fully saturated rings. The molecule has 27 heavy (non-hydrogen) atoms. The van der Waals surface area contributed by atoms with Crippen LogP contribution in [0.2, 0.25) is 10.0 Å². The zero-order valence-electron chi connectivity index (χ0n) is 13.4. The number of imide groups is 1. The van der Waals surface area contributed by atoms with Crippen LogP contribution in [-0.2, 0) is 17.5 Å². The number of nitrogens with zero attached hydrogens (tertiary/aromatic N) is 1. The Morgan fingerprint density at radius 1 is 1.07 bits per heavy atom. The molecule has 2 aromatic carbocycles. The first-order valence-electron chi connectivity index (χ1n) is 7.52. The Kier molecular flexibility index (Phi) is 5.55. The summed E-state index contributed by atoms with van der Waals surface area (Å²) in [6.07, 6.45) is -3.22. The molecular formula is C18H10Cl2F3NO2S. The smallest absolute Gasteiger partial charge is 0.268 e. The van der Waals surface area contributed by atoms with Crippen molar-refractivity contribution in [3.05, 3.63) is 74.1 Å². The molecule has 0 radical (unpaired) electrons. The lowest BCUT2D eigenvalue weighted by molar-refractivity contribution is -0.137. The quantitative estimate of drug-likeness (QED) is 0.539. The van der Waals surface area contributed by atoms with Crippen LogP contribution in [0.1, 0.15) is 16.7 Å². The molecule has 0 aromatic heterocycles. The molecule has 1 heterocycles. The Balaban J connectivity index is 1.84. The van der Waals surface area contributed by atoms with Crippen molar-refractivity contribution in [2.45, 2.75) is 12.7 Å². The minimum absolute atomic E-state index is 0.0458.